The third-order valence-corrected chi connectivity index (χ3v) is 5.84. The van der Waals surface area contributed by atoms with E-state index in [0.717, 1.165) is 16.5 Å². The van der Waals surface area contributed by atoms with Crippen molar-refractivity contribution >= 4 is 34.5 Å². The van der Waals surface area contributed by atoms with Crippen LogP contribution in [0.5, 0.6) is 11.5 Å². The van der Waals surface area contributed by atoms with E-state index in [-0.39, 0.29) is 28.8 Å². The molecule has 0 aliphatic heterocycles. The molecule has 6 nitrogen and oxygen atoms in total. The van der Waals surface area contributed by atoms with E-state index in [1.165, 1.54) is 25.3 Å². The molecule has 0 aliphatic rings. The second kappa shape index (κ2) is 11.4. The van der Waals surface area contributed by atoms with Crippen molar-refractivity contribution < 1.29 is 18.7 Å². The fourth-order valence-electron chi connectivity index (χ4n) is 3.81. The molecule has 0 saturated heterocycles. The van der Waals surface area contributed by atoms with E-state index < -0.39 is 5.91 Å². The number of para-hydroxylation sites is 1. The minimum Gasteiger partial charge on any atom is -0.493 e. The maximum Gasteiger partial charge on any atom is 0.261 e. The van der Waals surface area contributed by atoms with Crippen molar-refractivity contribution in [3.8, 4) is 17.6 Å². The Balaban J connectivity index is 1.44. The monoisotopic (exact) mass is 503 g/mol. The number of aromatic nitrogens is 1. The number of ether oxygens (including phenoxy) is 2. The number of amides is 1. The van der Waals surface area contributed by atoms with E-state index in [0.29, 0.717) is 29.8 Å². The molecule has 0 aliphatic carbocycles. The Morgan fingerprint density at radius 2 is 2.03 bits per heavy atom. The zero-order valence-electron chi connectivity index (χ0n) is 19.5. The maximum atomic E-state index is 13.4. The van der Waals surface area contributed by atoms with Gasteiger partial charge in [-0.1, -0.05) is 41.9 Å². The molecule has 36 heavy (non-hydrogen) atoms. The van der Waals surface area contributed by atoms with Gasteiger partial charge in [0, 0.05) is 23.6 Å². The van der Waals surface area contributed by atoms with Crippen molar-refractivity contribution in [3.05, 3.63) is 100.0 Å². The quantitative estimate of drug-likeness (QED) is 0.223. The predicted octanol–water partition coefficient (Wildman–Crippen LogP) is 5.81. The molecule has 182 valence electrons. The molecular formula is C28H23ClFN3O3. The van der Waals surface area contributed by atoms with Gasteiger partial charge in [-0.25, -0.2) is 4.39 Å². The third-order valence-electron chi connectivity index (χ3n) is 5.55. The molecule has 0 spiro atoms. The number of carbonyl (C=O) groups excluding carboxylic acids is 1. The lowest BCUT2D eigenvalue weighted by molar-refractivity contribution is -0.117. The van der Waals surface area contributed by atoms with Crippen molar-refractivity contribution in [2.75, 3.05) is 13.7 Å². The Hall–Kier alpha value is -4.28. The van der Waals surface area contributed by atoms with Crippen LogP contribution in [0.25, 0.3) is 17.0 Å². The number of halogens is 2. The van der Waals surface area contributed by atoms with E-state index in [2.05, 4.69) is 10.3 Å². The van der Waals surface area contributed by atoms with Crippen LogP contribution in [0.15, 0.2) is 72.4 Å². The van der Waals surface area contributed by atoms with E-state index in [1.54, 1.807) is 24.3 Å². The van der Waals surface area contributed by atoms with Crippen LogP contribution >= 0.6 is 11.6 Å². The van der Waals surface area contributed by atoms with Crippen LogP contribution in [0.4, 0.5) is 4.39 Å². The molecule has 0 atom stereocenters. The molecule has 3 aromatic carbocycles. The summed E-state index contributed by atoms with van der Waals surface area (Å²) in [4.78, 5) is 15.8. The predicted molar refractivity (Wildman–Crippen MR) is 137 cm³/mol. The first kappa shape index (κ1) is 24.8. The number of hydrogen-bond donors (Lipinski definition) is 2. The number of fused-ring (bicyclic) bond motifs is 1. The number of rotatable bonds is 9. The number of nitriles is 1. The van der Waals surface area contributed by atoms with Crippen molar-refractivity contribution in [1.82, 2.24) is 10.3 Å². The molecule has 0 bridgehead atoms. The summed E-state index contributed by atoms with van der Waals surface area (Å²) in [7, 11) is 1.46. The number of H-pyrrole nitrogens is 1. The lowest BCUT2D eigenvalue weighted by Gasteiger charge is -2.13. The Bertz CT molecular complexity index is 1470. The number of benzene rings is 3. The number of hydrogen-bond acceptors (Lipinski definition) is 4. The molecule has 4 rings (SSSR count). The summed E-state index contributed by atoms with van der Waals surface area (Å²) in [5, 5.41) is 13.7. The largest absolute Gasteiger partial charge is 0.493 e. The van der Waals surface area contributed by atoms with Gasteiger partial charge < -0.3 is 19.8 Å². The summed E-state index contributed by atoms with van der Waals surface area (Å²) in [6, 6.07) is 19.1. The molecule has 8 heteroatoms. The van der Waals surface area contributed by atoms with Crippen molar-refractivity contribution in [1.29, 1.82) is 5.26 Å². The average Bonchev–Trinajstić information content (AvgIpc) is 3.29. The molecule has 1 aromatic heterocycles. The first-order valence-electron chi connectivity index (χ1n) is 11.2. The van der Waals surface area contributed by atoms with Gasteiger partial charge in [0.2, 0.25) is 0 Å². The SMILES string of the molecule is COc1cc(/C=C(/C#N)C(=O)NCCc2c[nH]c3ccccc23)cc(Cl)c1OCc1cccc(F)c1. The molecule has 1 heterocycles. The lowest BCUT2D eigenvalue weighted by Crippen LogP contribution is -2.26. The zero-order valence-corrected chi connectivity index (χ0v) is 20.2. The van der Waals surface area contributed by atoms with Crippen LogP contribution in [0.3, 0.4) is 0 Å². The van der Waals surface area contributed by atoms with Gasteiger partial charge in [0.15, 0.2) is 11.5 Å². The number of nitrogens with one attached hydrogen (secondary N) is 2. The highest BCUT2D eigenvalue weighted by Gasteiger charge is 2.15. The Morgan fingerprint density at radius 1 is 1.19 bits per heavy atom. The van der Waals surface area contributed by atoms with Crippen LogP contribution in [0, 0.1) is 17.1 Å². The van der Waals surface area contributed by atoms with Crippen LogP contribution in [-0.4, -0.2) is 24.5 Å². The molecular weight excluding hydrogens is 481 g/mol. The number of nitrogens with zero attached hydrogens (tertiary/aromatic N) is 1. The summed E-state index contributed by atoms with van der Waals surface area (Å²) >= 11 is 6.41. The Labute approximate surface area is 212 Å². The van der Waals surface area contributed by atoms with E-state index in [9.17, 15) is 14.4 Å². The highest BCUT2D eigenvalue weighted by molar-refractivity contribution is 6.32. The van der Waals surface area contributed by atoms with Crippen LogP contribution in [-0.2, 0) is 17.8 Å². The fraction of sp³-hybridized carbons (Fsp3) is 0.143. The lowest BCUT2D eigenvalue weighted by atomic mass is 10.1. The van der Waals surface area contributed by atoms with E-state index in [4.69, 9.17) is 21.1 Å². The molecule has 4 aromatic rings. The molecule has 0 unspecified atom stereocenters. The second-order valence-electron chi connectivity index (χ2n) is 7.99. The van der Waals surface area contributed by atoms with Crippen molar-refractivity contribution in [2.24, 2.45) is 0 Å². The summed E-state index contributed by atoms with van der Waals surface area (Å²) in [6.45, 7) is 0.460. The number of carbonyl (C=O) groups is 1. The average molecular weight is 504 g/mol. The number of aromatic amines is 1. The summed E-state index contributed by atoms with van der Waals surface area (Å²) in [6.07, 6.45) is 3.97. The molecule has 0 radical (unpaired) electrons. The molecule has 1 amide bonds. The van der Waals surface area contributed by atoms with Crippen LogP contribution in [0.1, 0.15) is 16.7 Å². The first-order valence-corrected chi connectivity index (χ1v) is 11.6. The molecule has 0 fully saturated rings. The third kappa shape index (κ3) is 5.85. The molecule has 0 saturated carbocycles. The van der Waals surface area contributed by atoms with Crippen LogP contribution in [0.2, 0.25) is 5.02 Å². The first-order chi connectivity index (χ1) is 17.5. The van der Waals surface area contributed by atoms with E-state index >= 15 is 0 Å². The standard InChI is InChI=1S/C28H23ClFN3O3/c1-35-26-14-19(13-24(29)27(26)36-17-18-5-4-6-22(30)12-18)11-21(15-31)28(34)32-10-9-20-16-33-25-8-3-2-7-23(20)25/h2-8,11-14,16,33H,9-10,17H2,1H3,(H,32,34)/b21-11-. The normalized spacial score (nSPS) is 11.2. The van der Waals surface area contributed by atoms with Gasteiger partial charge >= 0.3 is 0 Å². The number of methoxy groups -OCH3 is 1. The van der Waals surface area contributed by atoms with E-state index in [1.807, 2.05) is 36.5 Å². The summed E-state index contributed by atoms with van der Waals surface area (Å²) in [5.41, 5.74) is 3.18. The summed E-state index contributed by atoms with van der Waals surface area (Å²) in [5.74, 6) is -0.248. The van der Waals surface area contributed by atoms with Gasteiger partial charge in [-0.3, -0.25) is 4.79 Å². The van der Waals surface area contributed by atoms with Gasteiger partial charge in [-0.05, 0) is 59.5 Å². The zero-order chi connectivity index (χ0) is 25.5. The minimum absolute atomic E-state index is 0.0690. The van der Waals surface area contributed by atoms with Gasteiger partial charge in [0.1, 0.15) is 24.1 Å². The van der Waals surface area contributed by atoms with Gasteiger partial charge in [0.05, 0.1) is 12.1 Å². The molecule has 2 N–H and O–H groups in total. The topological polar surface area (TPSA) is 87.1 Å². The maximum absolute atomic E-state index is 13.4. The second-order valence-corrected chi connectivity index (χ2v) is 8.40. The van der Waals surface area contributed by atoms with Gasteiger partial charge in [-0.2, -0.15) is 5.26 Å². The fourth-order valence-corrected chi connectivity index (χ4v) is 4.08. The minimum atomic E-state index is -0.487. The van der Waals surface area contributed by atoms with Gasteiger partial charge in [0.25, 0.3) is 5.91 Å². The summed E-state index contributed by atoms with van der Waals surface area (Å²) < 4.78 is 24.6. The van der Waals surface area contributed by atoms with Crippen molar-refractivity contribution in [2.45, 2.75) is 13.0 Å². The highest BCUT2D eigenvalue weighted by atomic mass is 35.5. The van der Waals surface area contributed by atoms with Gasteiger partial charge in [-0.15, -0.1) is 0 Å². The Kier molecular flexibility index (Phi) is 7.89. The van der Waals surface area contributed by atoms with Crippen molar-refractivity contribution in [3.63, 3.8) is 0 Å². The smallest absolute Gasteiger partial charge is 0.261 e. The highest BCUT2D eigenvalue weighted by Crippen LogP contribution is 2.37. The van der Waals surface area contributed by atoms with Crippen LogP contribution < -0.4 is 14.8 Å². The Morgan fingerprint density at radius 3 is 2.81 bits per heavy atom.